The van der Waals surface area contributed by atoms with Gasteiger partial charge in [-0.15, -0.1) is 0 Å². The maximum Gasteiger partial charge on any atom is 0.407 e. The molecule has 1 unspecified atom stereocenters. The molecule has 35 heavy (non-hydrogen) atoms. The highest BCUT2D eigenvalue weighted by atomic mass is 127. The first-order valence-corrected chi connectivity index (χ1v) is 12.4. The SMILES string of the molecule is O=C(NC(C(=O)Nc1cc(I)cc(C(=O)O)c1)C1CC1)OCC1c2ccccc2-c2ccccc21. The van der Waals surface area contributed by atoms with Crippen LogP contribution in [0, 0.1) is 9.49 Å². The zero-order valence-electron chi connectivity index (χ0n) is 18.7. The molecule has 0 heterocycles. The molecule has 5 rings (SSSR count). The van der Waals surface area contributed by atoms with E-state index < -0.39 is 18.1 Å². The summed E-state index contributed by atoms with van der Waals surface area (Å²) in [5.74, 6) is -1.51. The van der Waals surface area contributed by atoms with Gasteiger partial charge in [0.2, 0.25) is 5.91 Å². The first kappa shape index (κ1) is 23.3. The summed E-state index contributed by atoms with van der Waals surface area (Å²) in [6, 6.07) is 20.0. The number of rotatable bonds is 7. The number of alkyl carbamates (subject to hydrolysis) is 1. The lowest BCUT2D eigenvalue weighted by Gasteiger charge is -2.19. The molecule has 7 nitrogen and oxygen atoms in total. The number of carbonyl (C=O) groups is 3. The number of anilines is 1. The minimum absolute atomic E-state index is 0.0252. The Hall–Kier alpha value is -3.40. The van der Waals surface area contributed by atoms with Gasteiger partial charge in [0.1, 0.15) is 12.6 Å². The van der Waals surface area contributed by atoms with Gasteiger partial charge in [-0.25, -0.2) is 9.59 Å². The molecule has 3 N–H and O–H groups in total. The molecule has 0 aromatic heterocycles. The molecule has 1 saturated carbocycles. The Labute approximate surface area is 216 Å². The van der Waals surface area contributed by atoms with Crippen molar-refractivity contribution in [1.82, 2.24) is 5.32 Å². The number of benzene rings is 3. The summed E-state index contributed by atoms with van der Waals surface area (Å²) in [6.45, 7) is 0.164. The lowest BCUT2D eigenvalue weighted by atomic mass is 9.98. The van der Waals surface area contributed by atoms with Gasteiger partial charge in [-0.1, -0.05) is 48.5 Å². The third-order valence-electron chi connectivity index (χ3n) is 6.41. The van der Waals surface area contributed by atoms with Gasteiger partial charge >= 0.3 is 12.1 Å². The van der Waals surface area contributed by atoms with E-state index >= 15 is 0 Å². The number of ether oxygens (including phenoxy) is 1. The van der Waals surface area contributed by atoms with Crippen LogP contribution >= 0.6 is 22.6 Å². The third-order valence-corrected chi connectivity index (χ3v) is 7.03. The minimum Gasteiger partial charge on any atom is -0.478 e. The van der Waals surface area contributed by atoms with Crippen molar-refractivity contribution in [2.24, 2.45) is 5.92 Å². The van der Waals surface area contributed by atoms with Crippen LogP contribution in [0.2, 0.25) is 0 Å². The number of amides is 2. The Balaban J connectivity index is 1.25. The van der Waals surface area contributed by atoms with Gasteiger partial charge in [-0.05, 0) is 81.8 Å². The molecular weight excluding hydrogens is 559 g/mol. The highest BCUT2D eigenvalue weighted by Gasteiger charge is 2.38. The van der Waals surface area contributed by atoms with E-state index in [2.05, 4.69) is 22.8 Å². The molecule has 2 amide bonds. The highest BCUT2D eigenvalue weighted by Crippen LogP contribution is 2.44. The Morgan fingerprint density at radius 1 is 0.971 bits per heavy atom. The Bertz CT molecular complexity index is 1270. The standard InChI is InChI=1S/C27H23IN2O5/c28-17-11-16(26(32)33)12-18(13-17)29-25(31)24(15-9-10-15)30-27(34)35-14-23-21-7-3-1-5-19(21)20-6-2-4-8-22(20)23/h1-8,11-13,15,23-24H,9-10,14H2,(H,29,31)(H,30,34)(H,32,33). The van der Waals surface area contributed by atoms with Gasteiger partial charge in [-0.2, -0.15) is 0 Å². The maximum atomic E-state index is 13.0. The molecule has 0 bridgehead atoms. The van der Waals surface area contributed by atoms with E-state index in [-0.39, 0.29) is 29.9 Å². The van der Waals surface area contributed by atoms with Gasteiger partial charge in [0.25, 0.3) is 0 Å². The molecule has 2 aliphatic carbocycles. The van der Waals surface area contributed by atoms with Crippen LogP contribution in [-0.2, 0) is 9.53 Å². The van der Waals surface area contributed by atoms with Crippen LogP contribution in [0.15, 0.2) is 66.7 Å². The quantitative estimate of drug-likeness (QED) is 0.331. The largest absolute Gasteiger partial charge is 0.478 e. The number of carboxylic acids is 1. The zero-order valence-corrected chi connectivity index (χ0v) is 20.8. The molecule has 3 aromatic rings. The summed E-state index contributed by atoms with van der Waals surface area (Å²) >= 11 is 2.00. The first-order valence-electron chi connectivity index (χ1n) is 11.4. The number of fused-ring (bicyclic) bond motifs is 3. The smallest absolute Gasteiger partial charge is 0.407 e. The average Bonchev–Trinajstić information content (AvgIpc) is 3.63. The fourth-order valence-electron chi connectivity index (χ4n) is 4.60. The number of hydrogen-bond donors (Lipinski definition) is 3. The number of carboxylic acid groups (broad SMARTS) is 1. The number of nitrogens with one attached hydrogen (secondary N) is 2. The van der Waals surface area contributed by atoms with E-state index in [0.29, 0.717) is 9.26 Å². The summed E-state index contributed by atoms with van der Waals surface area (Å²) < 4.78 is 6.29. The van der Waals surface area contributed by atoms with Gasteiger partial charge in [-0.3, -0.25) is 4.79 Å². The van der Waals surface area contributed by atoms with Gasteiger partial charge in [0, 0.05) is 15.2 Å². The van der Waals surface area contributed by atoms with Crippen LogP contribution < -0.4 is 10.6 Å². The third kappa shape index (κ3) is 5.02. The molecule has 0 radical (unpaired) electrons. The van der Waals surface area contributed by atoms with Crippen LogP contribution in [-0.4, -0.2) is 35.7 Å². The molecule has 178 valence electrons. The number of hydrogen-bond acceptors (Lipinski definition) is 4. The summed E-state index contributed by atoms with van der Waals surface area (Å²) in [5, 5.41) is 14.8. The predicted molar refractivity (Wildman–Crippen MR) is 139 cm³/mol. The van der Waals surface area contributed by atoms with Gasteiger partial charge < -0.3 is 20.5 Å². The Kier molecular flexibility index (Phi) is 6.46. The first-order chi connectivity index (χ1) is 16.9. The van der Waals surface area contributed by atoms with Crippen LogP contribution in [0.4, 0.5) is 10.5 Å². The Morgan fingerprint density at radius 2 is 1.60 bits per heavy atom. The van der Waals surface area contributed by atoms with E-state index in [0.717, 1.165) is 35.1 Å². The number of halogens is 1. The fraction of sp³-hybridized carbons (Fsp3) is 0.222. The van der Waals surface area contributed by atoms with Gasteiger partial charge in [0.15, 0.2) is 0 Å². The molecular formula is C27H23IN2O5. The zero-order chi connectivity index (χ0) is 24.5. The van der Waals surface area contributed by atoms with Crippen molar-refractivity contribution >= 4 is 46.2 Å². The van der Waals surface area contributed by atoms with Crippen LogP contribution in [0.1, 0.15) is 40.2 Å². The van der Waals surface area contributed by atoms with Gasteiger partial charge in [0.05, 0.1) is 5.56 Å². The van der Waals surface area contributed by atoms with Crippen molar-refractivity contribution in [2.45, 2.75) is 24.8 Å². The molecule has 1 fully saturated rings. The van der Waals surface area contributed by atoms with E-state index in [1.165, 1.54) is 12.1 Å². The normalized spacial score (nSPS) is 15.0. The second-order valence-electron chi connectivity index (χ2n) is 8.81. The van der Waals surface area contributed by atoms with E-state index in [9.17, 15) is 19.5 Å². The van der Waals surface area contributed by atoms with E-state index in [4.69, 9.17) is 4.74 Å². The molecule has 2 aliphatic rings. The number of aromatic carboxylic acids is 1. The van der Waals surface area contributed by atoms with Crippen molar-refractivity contribution in [3.63, 3.8) is 0 Å². The van der Waals surface area contributed by atoms with E-state index in [1.807, 2.05) is 59.0 Å². The fourth-order valence-corrected chi connectivity index (χ4v) is 5.27. The minimum atomic E-state index is -1.07. The summed E-state index contributed by atoms with van der Waals surface area (Å²) in [6.07, 6.45) is 1.01. The van der Waals surface area contributed by atoms with Crippen LogP contribution in [0.5, 0.6) is 0 Å². The molecule has 0 saturated heterocycles. The number of carbonyl (C=O) groups excluding carboxylic acids is 2. The second kappa shape index (κ2) is 9.69. The second-order valence-corrected chi connectivity index (χ2v) is 10.1. The van der Waals surface area contributed by atoms with Crippen molar-refractivity contribution in [2.75, 3.05) is 11.9 Å². The maximum absolute atomic E-state index is 13.0. The monoisotopic (exact) mass is 582 g/mol. The molecule has 0 spiro atoms. The van der Waals surface area contributed by atoms with Crippen LogP contribution in [0.25, 0.3) is 11.1 Å². The molecule has 8 heteroatoms. The topological polar surface area (TPSA) is 105 Å². The predicted octanol–water partition coefficient (Wildman–Crippen LogP) is 5.25. The summed E-state index contributed by atoms with van der Waals surface area (Å²) in [4.78, 5) is 37.0. The van der Waals surface area contributed by atoms with Crippen molar-refractivity contribution < 1.29 is 24.2 Å². The molecule has 0 aliphatic heterocycles. The highest BCUT2D eigenvalue weighted by molar-refractivity contribution is 14.1. The average molecular weight is 582 g/mol. The summed E-state index contributed by atoms with van der Waals surface area (Å²) in [5.41, 5.74) is 4.98. The summed E-state index contributed by atoms with van der Waals surface area (Å²) in [7, 11) is 0. The molecule has 1 atom stereocenters. The molecule has 3 aromatic carbocycles. The van der Waals surface area contributed by atoms with Crippen LogP contribution in [0.3, 0.4) is 0 Å². The van der Waals surface area contributed by atoms with Crippen molar-refractivity contribution in [3.8, 4) is 11.1 Å². The van der Waals surface area contributed by atoms with E-state index in [1.54, 1.807) is 6.07 Å². The lowest BCUT2D eigenvalue weighted by Crippen LogP contribution is -2.45. The van der Waals surface area contributed by atoms with Crippen molar-refractivity contribution in [1.29, 1.82) is 0 Å². The Morgan fingerprint density at radius 3 is 2.20 bits per heavy atom. The lowest BCUT2D eigenvalue weighted by molar-refractivity contribution is -0.118. The van der Waals surface area contributed by atoms with Crippen molar-refractivity contribution in [3.05, 3.63) is 87.0 Å².